The van der Waals surface area contributed by atoms with E-state index in [-0.39, 0.29) is 18.1 Å². The van der Waals surface area contributed by atoms with Crippen molar-refractivity contribution in [2.45, 2.75) is 18.6 Å². The number of fused-ring (bicyclic) bond motifs is 10. The lowest BCUT2D eigenvalue weighted by molar-refractivity contribution is 0.643. The van der Waals surface area contributed by atoms with Crippen molar-refractivity contribution in [3.8, 4) is 22.3 Å². The summed E-state index contributed by atoms with van der Waals surface area (Å²) in [6, 6.07) is 56.5. The molecule has 0 saturated carbocycles. The fourth-order valence-corrected chi connectivity index (χ4v) is 9.63. The fourth-order valence-electron chi connectivity index (χ4n) is 9.63. The minimum Gasteiger partial charge on any atom is -0.456 e. The molecule has 10 aromatic rings. The molecule has 0 bridgehead atoms. The quantitative estimate of drug-likeness (QED) is 0.130. The summed E-state index contributed by atoms with van der Waals surface area (Å²) in [7, 11) is 0. The summed E-state index contributed by atoms with van der Waals surface area (Å²) in [6.45, 7) is 0. The van der Waals surface area contributed by atoms with Crippen LogP contribution < -0.4 is 0 Å². The SMILES string of the molecule is C1=CCC(C2=NC(c3ccc(-c4cccc5oc6ccc(-c7ccc8c(ccc9ccccc98)c7)cc6c45)cc3)=N[C@H]3C(c4ccc5c(c4)oc4ccccc45)N23)C=C1. The van der Waals surface area contributed by atoms with Crippen LogP contribution in [0.4, 0.5) is 0 Å². The van der Waals surface area contributed by atoms with Crippen LogP contribution in [0.3, 0.4) is 0 Å². The van der Waals surface area contributed by atoms with Crippen molar-refractivity contribution in [3.63, 3.8) is 0 Å². The summed E-state index contributed by atoms with van der Waals surface area (Å²) in [5.41, 5.74) is 10.4. The van der Waals surface area contributed by atoms with Gasteiger partial charge in [0.2, 0.25) is 0 Å². The Balaban J connectivity index is 0.855. The number of hydrogen-bond acceptors (Lipinski definition) is 5. The molecule has 0 radical (unpaired) electrons. The minimum absolute atomic E-state index is 0.0134. The van der Waals surface area contributed by atoms with Gasteiger partial charge in [0.25, 0.3) is 0 Å². The molecule has 278 valence electrons. The van der Waals surface area contributed by atoms with Gasteiger partial charge in [0.1, 0.15) is 34.3 Å². The number of rotatable bonds is 5. The van der Waals surface area contributed by atoms with E-state index in [1.54, 1.807) is 0 Å². The highest BCUT2D eigenvalue weighted by atomic mass is 16.3. The van der Waals surface area contributed by atoms with Crippen molar-refractivity contribution in [2.24, 2.45) is 15.9 Å². The maximum atomic E-state index is 6.46. The summed E-state index contributed by atoms with van der Waals surface area (Å²) in [5.74, 6) is 2.05. The summed E-state index contributed by atoms with van der Waals surface area (Å²) < 4.78 is 12.7. The van der Waals surface area contributed by atoms with E-state index < -0.39 is 0 Å². The van der Waals surface area contributed by atoms with Crippen molar-refractivity contribution in [2.75, 3.05) is 0 Å². The number of nitrogens with zero attached hydrogens (tertiary/aromatic N) is 3. The van der Waals surface area contributed by atoms with Gasteiger partial charge >= 0.3 is 0 Å². The van der Waals surface area contributed by atoms with Gasteiger partial charge in [-0.3, -0.25) is 0 Å². The number of aliphatic imine (C=N–C) groups is 2. The van der Waals surface area contributed by atoms with Crippen molar-refractivity contribution in [1.82, 2.24) is 4.90 Å². The largest absolute Gasteiger partial charge is 0.456 e. The van der Waals surface area contributed by atoms with Crippen LogP contribution in [0.25, 0.3) is 87.7 Å². The van der Waals surface area contributed by atoms with Gasteiger partial charge in [-0.05, 0) is 92.2 Å². The molecule has 8 aromatic carbocycles. The lowest BCUT2D eigenvalue weighted by Crippen LogP contribution is -2.27. The Labute approximate surface area is 339 Å². The second-order valence-corrected chi connectivity index (χ2v) is 16.0. The molecule has 3 atom stereocenters. The minimum atomic E-state index is -0.0134. The smallest absolute Gasteiger partial charge is 0.158 e. The van der Waals surface area contributed by atoms with Crippen LogP contribution in [0.5, 0.6) is 0 Å². The highest BCUT2D eigenvalue weighted by Gasteiger charge is 2.54. The first-order valence-corrected chi connectivity index (χ1v) is 20.4. The summed E-state index contributed by atoms with van der Waals surface area (Å²) in [4.78, 5) is 13.0. The van der Waals surface area contributed by atoms with E-state index in [0.29, 0.717) is 0 Å². The maximum Gasteiger partial charge on any atom is 0.158 e. The fraction of sp³-hybridized carbons (Fsp3) is 0.0741. The molecule has 2 unspecified atom stereocenters. The number of furan rings is 2. The van der Waals surface area contributed by atoms with Gasteiger partial charge in [-0.2, -0.15) is 0 Å². The Morgan fingerprint density at radius 3 is 2.14 bits per heavy atom. The predicted molar refractivity (Wildman–Crippen MR) is 242 cm³/mol. The Morgan fingerprint density at radius 2 is 1.22 bits per heavy atom. The molecule has 13 rings (SSSR count). The summed E-state index contributed by atoms with van der Waals surface area (Å²) in [5, 5.41) is 9.55. The zero-order chi connectivity index (χ0) is 38.6. The van der Waals surface area contributed by atoms with E-state index in [1.165, 1.54) is 32.7 Å². The van der Waals surface area contributed by atoms with E-state index >= 15 is 0 Å². The normalized spacial score (nSPS) is 18.6. The lowest BCUT2D eigenvalue weighted by atomic mass is 9.95. The van der Waals surface area contributed by atoms with Crippen molar-refractivity contribution in [1.29, 1.82) is 0 Å². The number of amidine groups is 2. The van der Waals surface area contributed by atoms with Gasteiger partial charge in [-0.25, -0.2) is 9.98 Å². The van der Waals surface area contributed by atoms with Gasteiger partial charge in [-0.1, -0.05) is 146 Å². The number of benzene rings is 8. The Morgan fingerprint density at radius 1 is 0.508 bits per heavy atom. The van der Waals surface area contributed by atoms with Crippen molar-refractivity contribution in [3.05, 3.63) is 193 Å². The third-order valence-electron chi connectivity index (χ3n) is 12.6. The topological polar surface area (TPSA) is 54.0 Å². The molecule has 4 heterocycles. The van der Waals surface area contributed by atoms with Gasteiger partial charge < -0.3 is 13.7 Å². The molecule has 0 N–H and O–H groups in total. The van der Waals surface area contributed by atoms with Crippen LogP contribution >= 0.6 is 0 Å². The molecule has 1 aliphatic carbocycles. The zero-order valence-electron chi connectivity index (χ0n) is 31.9. The van der Waals surface area contributed by atoms with Gasteiger partial charge in [0.15, 0.2) is 5.84 Å². The molecular weight excluding hydrogens is 723 g/mol. The van der Waals surface area contributed by atoms with E-state index in [9.17, 15) is 0 Å². The average Bonchev–Trinajstić information content (AvgIpc) is 3.73. The maximum absolute atomic E-state index is 6.46. The van der Waals surface area contributed by atoms with E-state index in [2.05, 4.69) is 175 Å². The number of allylic oxidation sites excluding steroid dienone is 3. The third kappa shape index (κ3) is 5.11. The second-order valence-electron chi connectivity index (χ2n) is 16.0. The molecule has 59 heavy (non-hydrogen) atoms. The standard InChI is InChI=1S/C54H35N3O2/c1-2-10-35(11-3-1)53-55-52(56-54-51(57(53)54)39-24-27-44-43-13-6-7-15-46(43)59-49(44)31-39)34-20-17-33(18-21-34)42-14-8-16-48-50(42)45-30-37(25-28-47(45)58-48)36-23-26-41-38(29-36)22-19-32-9-4-5-12-40(32)41/h1-10,12-31,35,51,54H,11H2/t35?,51?,54-,57?/m1/s1. The number of para-hydroxylation sites is 1. The highest BCUT2D eigenvalue weighted by Crippen LogP contribution is 2.49. The molecule has 0 spiro atoms. The number of hydrogen-bond donors (Lipinski definition) is 0. The molecule has 1 saturated heterocycles. The van der Waals surface area contributed by atoms with Crippen LogP contribution in [0.15, 0.2) is 201 Å². The van der Waals surface area contributed by atoms with Gasteiger partial charge in [0, 0.05) is 33.0 Å². The molecule has 2 aliphatic heterocycles. The van der Waals surface area contributed by atoms with E-state index in [4.69, 9.17) is 18.8 Å². The van der Waals surface area contributed by atoms with Gasteiger partial charge in [0.05, 0.1) is 6.04 Å². The summed E-state index contributed by atoms with van der Waals surface area (Å²) in [6.07, 6.45) is 9.66. The zero-order valence-corrected chi connectivity index (χ0v) is 31.9. The molecule has 2 aromatic heterocycles. The molecule has 3 aliphatic rings. The van der Waals surface area contributed by atoms with Crippen LogP contribution in [0.2, 0.25) is 0 Å². The summed E-state index contributed by atoms with van der Waals surface area (Å²) >= 11 is 0. The first-order chi connectivity index (χ1) is 29.2. The third-order valence-corrected chi connectivity index (χ3v) is 12.6. The van der Waals surface area contributed by atoms with Crippen molar-refractivity contribution >= 4 is 77.1 Å². The molecule has 1 fully saturated rings. The van der Waals surface area contributed by atoms with Crippen LogP contribution in [0, 0.1) is 5.92 Å². The monoisotopic (exact) mass is 757 g/mol. The molecule has 5 heteroatoms. The van der Waals surface area contributed by atoms with Crippen LogP contribution in [-0.2, 0) is 0 Å². The Kier molecular flexibility index (Phi) is 6.90. The Bertz CT molecular complexity index is 3510. The average molecular weight is 758 g/mol. The molecule has 0 amide bonds. The molecule has 5 nitrogen and oxygen atoms in total. The van der Waals surface area contributed by atoms with E-state index in [0.717, 1.165) is 84.2 Å². The predicted octanol–water partition coefficient (Wildman–Crippen LogP) is 13.8. The van der Waals surface area contributed by atoms with Crippen molar-refractivity contribution < 1.29 is 8.83 Å². The first kappa shape index (κ1) is 32.6. The highest BCUT2D eigenvalue weighted by molar-refractivity contribution is 6.15. The molecular formula is C54H35N3O2. The first-order valence-electron chi connectivity index (χ1n) is 20.4. The Hall–Kier alpha value is -7.50. The van der Waals surface area contributed by atoms with Gasteiger partial charge in [-0.15, -0.1) is 0 Å². The lowest BCUT2D eigenvalue weighted by Gasteiger charge is -2.21. The van der Waals surface area contributed by atoms with Crippen LogP contribution in [0.1, 0.15) is 23.6 Å². The van der Waals surface area contributed by atoms with Crippen LogP contribution in [-0.4, -0.2) is 22.7 Å². The van der Waals surface area contributed by atoms with E-state index in [1.807, 2.05) is 12.1 Å². The second kappa shape index (κ2) is 12.5.